The summed E-state index contributed by atoms with van der Waals surface area (Å²) < 4.78 is 26.8. The summed E-state index contributed by atoms with van der Waals surface area (Å²) in [6.07, 6.45) is -3.57. The molecule has 9 nitrogen and oxygen atoms in total. The van der Waals surface area contributed by atoms with Crippen LogP contribution in [0.1, 0.15) is 27.7 Å². The van der Waals surface area contributed by atoms with E-state index in [1.54, 1.807) is 6.92 Å². The summed E-state index contributed by atoms with van der Waals surface area (Å²) in [7, 11) is 0. The van der Waals surface area contributed by atoms with Crippen LogP contribution in [0.4, 0.5) is 0 Å². The van der Waals surface area contributed by atoms with Crippen molar-refractivity contribution in [2.75, 3.05) is 6.61 Å². The molecule has 2 fully saturated rings. The minimum atomic E-state index is -0.918. The van der Waals surface area contributed by atoms with Crippen molar-refractivity contribution in [3.63, 3.8) is 0 Å². The minimum Gasteiger partial charge on any atom is -0.463 e. The molecule has 9 heteroatoms. The molecule has 0 aromatic rings. The van der Waals surface area contributed by atoms with E-state index in [2.05, 4.69) is 5.32 Å². The van der Waals surface area contributed by atoms with Gasteiger partial charge < -0.3 is 23.7 Å². The van der Waals surface area contributed by atoms with Crippen LogP contribution < -0.4 is 5.32 Å². The van der Waals surface area contributed by atoms with Crippen LogP contribution in [-0.4, -0.2) is 61.4 Å². The van der Waals surface area contributed by atoms with Gasteiger partial charge in [0, 0.05) is 20.8 Å². The number of carbonyl (C=O) groups excluding carboxylic acids is 3. The van der Waals surface area contributed by atoms with E-state index in [0.29, 0.717) is 0 Å². The maximum Gasteiger partial charge on any atom is 0.303 e. The first-order chi connectivity index (χ1) is 10.8. The van der Waals surface area contributed by atoms with Crippen molar-refractivity contribution in [3.05, 3.63) is 0 Å². The van der Waals surface area contributed by atoms with Gasteiger partial charge in [-0.05, 0) is 6.92 Å². The van der Waals surface area contributed by atoms with Crippen LogP contribution in [0.3, 0.4) is 0 Å². The molecule has 0 saturated carbocycles. The van der Waals surface area contributed by atoms with Crippen molar-refractivity contribution >= 4 is 17.9 Å². The molecule has 0 radical (unpaired) electrons. The van der Waals surface area contributed by atoms with Crippen LogP contribution in [0.15, 0.2) is 0 Å². The highest BCUT2D eigenvalue weighted by Gasteiger charge is 2.53. The van der Waals surface area contributed by atoms with Gasteiger partial charge in [0.1, 0.15) is 25.0 Å². The van der Waals surface area contributed by atoms with Crippen LogP contribution in [-0.2, 0) is 38.1 Å². The molecule has 2 saturated heterocycles. The summed E-state index contributed by atoms with van der Waals surface area (Å²) in [6.45, 7) is 5.38. The SMILES string of the molecule is CC(=O)OCC1O[C@H]2OC(C)N[C@H]2C(OC(C)=O)[C@H]1OC(C)=O. The predicted molar refractivity (Wildman–Crippen MR) is 73.9 cm³/mol. The zero-order chi connectivity index (χ0) is 17.1. The van der Waals surface area contributed by atoms with Crippen LogP contribution in [0, 0.1) is 0 Å². The Bertz CT molecular complexity index is 481. The van der Waals surface area contributed by atoms with Gasteiger partial charge >= 0.3 is 17.9 Å². The zero-order valence-electron chi connectivity index (χ0n) is 13.4. The molecule has 2 heterocycles. The number of rotatable bonds is 4. The standard InChI is InChI=1S/C14H21NO8/c1-6-15-11-13(22-9(4)18)12(21-8(3)17)10(5-19-7(2)16)23-14(11)20-6/h6,10-15H,5H2,1-4H3/t6?,10?,11-,12-,13?,14+/m0/s1. The normalized spacial score (nSPS) is 36.0. The second-order valence-corrected chi connectivity index (χ2v) is 5.46. The third-order valence-electron chi connectivity index (χ3n) is 3.47. The molecule has 0 aliphatic carbocycles. The van der Waals surface area contributed by atoms with Crippen molar-refractivity contribution in [2.45, 2.75) is 64.6 Å². The molecule has 0 amide bonds. The van der Waals surface area contributed by atoms with E-state index in [9.17, 15) is 14.4 Å². The van der Waals surface area contributed by atoms with Crippen molar-refractivity contribution in [2.24, 2.45) is 0 Å². The molecule has 0 spiro atoms. The summed E-state index contributed by atoms with van der Waals surface area (Å²) in [5, 5.41) is 3.08. The number of hydrogen-bond acceptors (Lipinski definition) is 9. The lowest BCUT2D eigenvalue weighted by Crippen LogP contribution is -2.62. The molecule has 130 valence electrons. The van der Waals surface area contributed by atoms with Gasteiger partial charge in [0.15, 0.2) is 18.5 Å². The maximum absolute atomic E-state index is 11.4. The molecular formula is C14H21NO8. The largest absolute Gasteiger partial charge is 0.463 e. The molecule has 2 aliphatic heterocycles. The number of ether oxygens (including phenoxy) is 5. The van der Waals surface area contributed by atoms with E-state index in [0.717, 1.165) is 0 Å². The molecule has 0 bridgehead atoms. The Morgan fingerprint density at radius 3 is 2.13 bits per heavy atom. The van der Waals surface area contributed by atoms with E-state index >= 15 is 0 Å². The summed E-state index contributed by atoms with van der Waals surface area (Å²) in [5.74, 6) is -1.59. The van der Waals surface area contributed by atoms with E-state index < -0.39 is 48.6 Å². The molecule has 23 heavy (non-hydrogen) atoms. The maximum atomic E-state index is 11.4. The molecular weight excluding hydrogens is 310 g/mol. The fourth-order valence-electron chi connectivity index (χ4n) is 2.71. The monoisotopic (exact) mass is 331 g/mol. The van der Waals surface area contributed by atoms with Crippen LogP contribution in [0.25, 0.3) is 0 Å². The average molecular weight is 331 g/mol. The summed E-state index contributed by atoms with van der Waals surface area (Å²) >= 11 is 0. The fourth-order valence-corrected chi connectivity index (χ4v) is 2.71. The van der Waals surface area contributed by atoms with Gasteiger partial charge in [-0.1, -0.05) is 0 Å². The Hall–Kier alpha value is -1.71. The van der Waals surface area contributed by atoms with Crippen LogP contribution in [0.5, 0.6) is 0 Å². The van der Waals surface area contributed by atoms with E-state index in [-0.39, 0.29) is 12.8 Å². The first-order valence-corrected chi connectivity index (χ1v) is 7.32. The number of hydrogen-bond donors (Lipinski definition) is 1. The van der Waals surface area contributed by atoms with Crippen molar-refractivity contribution in [1.82, 2.24) is 5.32 Å². The van der Waals surface area contributed by atoms with Gasteiger partial charge in [-0.15, -0.1) is 0 Å². The van der Waals surface area contributed by atoms with Gasteiger partial charge in [-0.25, -0.2) is 0 Å². The number of fused-ring (bicyclic) bond motifs is 1. The molecule has 0 aromatic carbocycles. The topological polar surface area (TPSA) is 109 Å². The highest BCUT2D eigenvalue weighted by atomic mass is 16.7. The van der Waals surface area contributed by atoms with Gasteiger partial charge in [0.25, 0.3) is 0 Å². The van der Waals surface area contributed by atoms with Gasteiger partial charge in [0.2, 0.25) is 0 Å². The summed E-state index contributed by atoms with van der Waals surface area (Å²) in [5.41, 5.74) is 0. The highest BCUT2D eigenvalue weighted by Crippen LogP contribution is 2.31. The first-order valence-electron chi connectivity index (χ1n) is 7.32. The Balaban J connectivity index is 2.23. The minimum absolute atomic E-state index is 0.147. The molecule has 2 rings (SSSR count). The Kier molecular flexibility index (Phi) is 5.55. The Morgan fingerprint density at radius 1 is 0.957 bits per heavy atom. The zero-order valence-corrected chi connectivity index (χ0v) is 13.4. The second kappa shape index (κ2) is 7.24. The van der Waals surface area contributed by atoms with E-state index in [1.165, 1.54) is 20.8 Å². The highest BCUT2D eigenvalue weighted by molar-refractivity contribution is 5.68. The molecule has 6 atom stereocenters. The Labute approximate surface area is 133 Å². The predicted octanol–water partition coefficient (Wildman–Crippen LogP) is -0.528. The molecule has 2 aliphatic rings. The number of carbonyl (C=O) groups is 3. The molecule has 1 N–H and O–H groups in total. The van der Waals surface area contributed by atoms with Crippen LogP contribution >= 0.6 is 0 Å². The van der Waals surface area contributed by atoms with Crippen molar-refractivity contribution in [3.8, 4) is 0 Å². The number of esters is 3. The fraction of sp³-hybridized carbons (Fsp3) is 0.786. The van der Waals surface area contributed by atoms with Gasteiger partial charge in [0.05, 0.1) is 0 Å². The number of nitrogens with one attached hydrogen (secondary N) is 1. The average Bonchev–Trinajstić information content (AvgIpc) is 2.78. The third-order valence-corrected chi connectivity index (χ3v) is 3.47. The molecule has 3 unspecified atom stereocenters. The lowest BCUT2D eigenvalue weighted by Gasteiger charge is -2.41. The third kappa shape index (κ3) is 4.40. The first kappa shape index (κ1) is 17.6. The van der Waals surface area contributed by atoms with Crippen molar-refractivity contribution < 1.29 is 38.1 Å². The van der Waals surface area contributed by atoms with Crippen molar-refractivity contribution in [1.29, 1.82) is 0 Å². The van der Waals surface area contributed by atoms with E-state index in [1.807, 2.05) is 0 Å². The second-order valence-electron chi connectivity index (χ2n) is 5.46. The van der Waals surface area contributed by atoms with E-state index in [4.69, 9.17) is 23.7 Å². The molecule has 0 aromatic heterocycles. The lowest BCUT2D eigenvalue weighted by molar-refractivity contribution is -0.258. The lowest BCUT2D eigenvalue weighted by atomic mass is 9.97. The summed E-state index contributed by atoms with van der Waals surface area (Å²) in [4.78, 5) is 33.9. The smallest absolute Gasteiger partial charge is 0.303 e. The van der Waals surface area contributed by atoms with Gasteiger partial charge in [-0.3, -0.25) is 19.7 Å². The van der Waals surface area contributed by atoms with Gasteiger partial charge in [-0.2, -0.15) is 0 Å². The summed E-state index contributed by atoms with van der Waals surface area (Å²) in [6, 6.07) is -0.494. The Morgan fingerprint density at radius 2 is 1.57 bits per heavy atom. The quantitative estimate of drug-likeness (QED) is 0.537. The van der Waals surface area contributed by atoms with Crippen LogP contribution in [0.2, 0.25) is 0 Å².